The van der Waals surface area contributed by atoms with E-state index in [4.69, 9.17) is 0 Å². The van der Waals surface area contributed by atoms with E-state index in [-0.39, 0.29) is 6.04 Å². The number of nitrogens with one attached hydrogen (secondary N) is 1. The van der Waals surface area contributed by atoms with Crippen LogP contribution in [0.4, 0.5) is 0 Å². The molecule has 0 bridgehead atoms. The van der Waals surface area contributed by atoms with Crippen LogP contribution in [-0.2, 0) is 9.84 Å². The average Bonchev–Trinajstić information content (AvgIpc) is 2.64. The van der Waals surface area contributed by atoms with E-state index < -0.39 is 9.84 Å². The molecule has 2 rings (SSSR count). The van der Waals surface area contributed by atoms with E-state index in [0.29, 0.717) is 23.6 Å². The van der Waals surface area contributed by atoms with Gasteiger partial charge in [0.25, 0.3) is 0 Å². The SMILES string of the molecule is CCC1CCN(C2CCS(=O)(=O)C2)CCC(C)N1. The molecule has 3 unspecified atom stereocenters. The third-order valence-electron chi connectivity index (χ3n) is 4.35. The molecule has 2 heterocycles. The van der Waals surface area contributed by atoms with E-state index in [0.717, 1.165) is 38.8 Å². The summed E-state index contributed by atoms with van der Waals surface area (Å²) in [7, 11) is -2.76. The maximum atomic E-state index is 11.6. The molecule has 0 saturated carbocycles. The molecule has 0 amide bonds. The molecule has 106 valence electrons. The van der Waals surface area contributed by atoms with Crippen LogP contribution in [0.3, 0.4) is 0 Å². The molecule has 0 aliphatic carbocycles. The molecular formula is C13H26N2O2S. The topological polar surface area (TPSA) is 49.4 Å². The van der Waals surface area contributed by atoms with Gasteiger partial charge in [-0.05, 0) is 45.7 Å². The van der Waals surface area contributed by atoms with Crippen molar-refractivity contribution in [3.8, 4) is 0 Å². The lowest BCUT2D eigenvalue weighted by Gasteiger charge is -2.34. The van der Waals surface area contributed by atoms with Gasteiger partial charge in [0.1, 0.15) is 0 Å². The molecule has 0 spiro atoms. The third kappa shape index (κ3) is 3.68. The summed E-state index contributed by atoms with van der Waals surface area (Å²) in [5.74, 6) is 0.769. The molecule has 1 N–H and O–H groups in total. The van der Waals surface area contributed by atoms with Crippen LogP contribution in [0.1, 0.15) is 39.5 Å². The van der Waals surface area contributed by atoms with Crippen molar-refractivity contribution >= 4 is 9.84 Å². The summed E-state index contributed by atoms with van der Waals surface area (Å²) in [6.07, 6.45) is 4.24. The van der Waals surface area contributed by atoms with Gasteiger partial charge in [-0.3, -0.25) is 4.90 Å². The number of rotatable bonds is 2. The van der Waals surface area contributed by atoms with Gasteiger partial charge in [0.2, 0.25) is 0 Å². The Balaban J connectivity index is 1.96. The molecule has 18 heavy (non-hydrogen) atoms. The second kappa shape index (κ2) is 5.88. The Morgan fingerprint density at radius 1 is 1.22 bits per heavy atom. The van der Waals surface area contributed by atoms with Crippen LogP contribution in [0.15, 0.2) is 0 Å². The zero-order valence-corrected chi connectivity index (χ0v) is 12.4. The number of nitrogens with zero attached hydrogens (tertiary/aromatic N) is 1. The Morgan fingerprint density at radius 2 is 1.94 bits per heavy atom. The Hall–Kier alpha value is -0.130. The van der Waals surface area contributed by atoms with E-state index in [1.165, 1.54) is 0 Å². The first-order valence-corrected chi connectivity index (χ1v) is 9.03. The second-order valence-corrected chi connectivity index (χ2v) is 8.07. The van der Waals surface area contributed by atoms with Gasteiger partial charge in [-0.15, -0.1) is 0 Å². The zero-order valence-electron chi connectivity index (χ0n) is 11.6. The van der Waals surface area contributed by atoms with Gasteiger partial charge in [-0.2, -0.15) is 0 Å². The first kappa shape index (κ1) is 14.3. The molecule has 0 aromatic heterocycles. The first-order chi connectivity index (χ1) is 8.50. The van der Waals surface area contributed by atoms with Crippen molar-refractivity contribution in [3.05, 3.63) is 0 Å². The van der Waals surface area contributed by atoms with Crippen molar-refractivity contribution in [3.63, 3.8) is 0 Å². The molecule has 3 atom stereocenters. The van der Waals surface area contributed by atoms with E-state index in [1.807, 2.05) is 0 Å². The second-order valence-electron chi connectivity index (χ2n) is 5.84. The highest BCUT2D eigenvalue weighted by atomic mass is 32.2. The predicted molar refractivity (Wildman–Crippen MR) is 74.5 cm³/mol. The molecule has 0 aromatic carbocycles. The maximum absolute atomic E-state index is 11.6. The predicted octanol–water partition coefficient (Wildman–Crippen LogP) is 1.03. The fourth-order valence-corrected chi connectivity index (χ4v) is 4.87. The summed E-state index contributed by atoms with van der Waals surface area (Å²) in [5, 5.41) is 3.65. The molecule has 4 nitrogen and oxygen atoms in total. The minimum atomic E-state index is -2.76. The summed E-state index contributed by atoms with van der Waals surface area (Å²) < 4.78 is 23.2. The largest absolute Gasteiger partial charge is 0.311 e. The highest BCUT2D eigenvalue weighted by Crippen LogP contribution is 2.20. The molecule has 2 fully saturated rings. The van der Waals surface area contributed by atoms with Gasteiger partial charge in [-0.1, -0.05) is 6.92 Å². The highest BCUT2D eigenvalue weighted by molar-refractivity contribution is 7.91. The minimum absolute atomic E-state index is 0.276. The van der Waals surface area contributed by atoms with Crippen LogP contribution in [0, 0.1) is 0 Å². The van der Waals surface area contributed by atoms with Crippen LogP contribution in [0.2, 0.25) is 0 Å². The smallest absolute Gasteiger partial charge is 0.151 e. The van der Waals surface area contributed by atoms with E-state index >= 15 is 0 Å². The molecule has 0 aromatic rings. The zero-order chi connectivity index (χ0) is 13.2. The Morgan fingerprint density at radius 3 is 2.56 bits per heavy atom. The minimum Gasteiger partial charge on any atom is -0.311 e. The van der Waals surface area contributed by atoms with E-state index in [9.17, 15) is 8.42 Å². The van der Waals surface area contributed by atoms with E-state index in [1.54, 1.807) is 0 Å². The van der Waals surface area contributed by atoms with Gasteiger partial charge in [0.05, 0.1) is 11.5 Å². The molecule has 2 aliphatic rings. The normalized spacial score (nSPS) is 38.2. The summed E-state index contributed by atoms with van der Waals surface area (Å²) in [6.45, 7) is 6.52. The van der Waals surface area contributed by atoms with Gasteiger partial charge in [-0.25, -0.2) is 8.42 Å². The Kier molecular flexibility index (Phi) is 4.67. The number of hydrogen-bond donors (Lipinski definition) is 1. The molecule has 0 radical (unpaired) electrons. The Bertz CT molecular complexity index is 369. The standard InChI is InChI=1S/C13H26N2O2S/c1-3-12-5-8-15(7-4-11(2)14-12)13-6-9-18(16,17)10-13/h11-14H,3-10H2,1-2H3. The van der Waals surface area contributed by atoms with Gasteiger partial charge in [0.15, 0.2) is 9.84 Å². The lowest BCUT2D eigenvalue weighted by Crippen LogP contribution is -2.47. The number of sulfone groups is 1. The van der Waals surface area contributed by atoms with Crippen LogP contribution in [-0.4, -0.2) is 56.0 Å². The van der Waals surface area contributed by atoms with Gasteiger partial charge >= 0.3 is 0 Å². The molecule has 2 aliphatic heterocycles. The summed E-state index contributed by atoms with van der Waals surface area (Å²) in [5.41, 5.74) is 0. The monoisotopic (exact) mass is 274 g/mol. The van der Waals surface area contributed by atoms with Gasteiger partial charge < -0.3 is 5.32 Å². The molecular weight excluding hydrogens is 248 g/mol. The van der Waals surface area contributed by atoms with Crippen molar-refractivity contribution in [2.24, 2.45) is 0 Å². The van der Waals surface area contributed by atoms with Crippen LogP contribution < -0.4 is 5.32 Å². The van der Waals surface area contributed by atoms with Crippen molar-refractivity contribution in [2.45, 2.75) is 57.7 Å². The van der Waals surface area contributed by atoms with Crippen molar-refractivity contribution in [1.82, 2.24) is 10.2 Å². The van der Waals surface area contributed by atoms with E-state index in [2.05, 4.69) is 24.1 Å². The summed E-state index contributed by atoms with van der Waals surface area (Å²) in [6, 6.07) is 1.40. The fraction of sp³-hybridized carbons (Fsp3) is 1.00. The van der Waals surface area contributed by atoms with Crippen LogP contribution in [0.25, 0.3) is 0 Å². The average molecular weight is 274 g/mol. The third-order valence-corrected chi connectivity index (χ3v) is 6.10. The lowest BCUT2D eigenvalue weighted by atomic mass is 10.0. The molecule has 5 heteroatoms. The highest BCUT2D eigenvalue weighted by Gasteiger charge is 2.32. The maximum Gasteiger partial charge on any atom is 0.151 e. The summed E-state index contributed by atoms with van der Waals surface area (Å²) in [4.78, 5) is 2.42. The molecule has 2 saturated heterocycles. The lowest BCUT2D eigenvalue weighted by molar-refractivity contribution is 0.170. The van der Waals surface area contributed by atoms with Crippen LogP contribution >= 0.6 is 0 Å². The van der Waals surface area contributed by atoms with Gasteiger partial charge in [0, 0.05) is 18.1 Å². The number of hydrogen-bond acceptors (Lipinski definition) is 4. The fourth-order valence-electron chi connectivity index (χ4n) is 3.11. The quantitative estimate of drug-likeness (QED) is 0.817. The van der Waals surface area contributed by atoms with Crippen LogP contribution in [0.5, 0.6) is 0 Å². The Labute approximate surface area is 111 Å². The van der Waals surface area contributed by atoms with Crippen molar-refractivity contribution in [2.75, 3.05) is 24.6 Å². The first-order valence-electron chi connectivity index (χ1n) is 7.20. The van der Waals surface area contributed by atoms with Crippen molar-refractivity contribution in [1.29, 1.82) is 0 Å². The summed E-state index contributed by atoms with van der Waals surface area (Å²) >= 11 is 0. The van der Waals surface area contributed by atoms with Crippen molar-refractivity contribution < 1.29 is 8.42 Å².